The highest BCUT2D eigenvalue weighted by Crippen LogP contribution is 2.75. The first kappa shape index (κ1) is 15.5. The van der Waals surface area contributed by atoms with E-state index in [2.05, 4.69) is 36.6 Å². The SMILES string of the molecule is COC(=O)[C@H]1C[C@@]23CCC[N@+]4(C)CC[C@@]5(c6ccccc6N[C@@]15CC2)[C@H]34. The van der Waals surface area contributed by atoms with Gasteiger partial charge in [0.1, 0.15) is 6.04 Å². The summed E-state index contributed by atoms with van der Waals surface area (Å²) in [5.41, 5.74) is 3.02. The molecule has 7 rings (SSSR count). The molecule has 0 radical (unpaired) electrons. The van der Waals surface area contributed by atoms with Crippen LogP contribution >= 0.6 is 0 Å². The predicted molar refractivity (Wildman–Crippen MR) is 99.8 cm³/mol. The number of hydrogen-bond acceptors (Lipinski definition) is 3. The number of carbonyl (C=O) groups is 1. The van der Waals surface area contributed by atoms with Gasteiger partial charge in [-0.05, 0) is 43.7 Å². The minimum atomic E-state index is -0.149. The van der Waals surface area contributed by atoms with Gasteiger partial charge in [-0.2, -0.15) is 0 Å². The van der Waals surface area contributed by atoms with Crippen LogP contribution in [0.4, 0.5) is 5.69 Å². The van der Waals surface area contributed by atoms with Crippen LogP contribution in [0.15, 0.2) is 24.3 Å². The molecule has 0 unspecified atom stereocenters. The molecule has 3 aliphatic heterocycles. The van der Waals surface area contributed by atoms with Crippen molar-refractivity contribution in [3.8, 4) is 0 Å². The second-order valence-electron chi connectivity index (χ2n) is 9.94. The molecule has 2 bridgehead atoms. The van der Waals surface area contributed by atoms with E-state index in [0.717, 1.165) is 12.8 Å². The number of rotatable bonds is 1. The molecule has 4 heteroatoms. The molecule has 1 aromatic carbocycles. The van der Waals surface area contributed by atoms with Crippen LogP contribution in [0.25, 0.3) is 0 Å². The first-order valence-corrected chi connectivity index (χ1v) is 10.3. The molecule has 1 aromatic rings. The zero-order valence-corrected chi connectivity index (χ0v) is 15.9. The topological polar surface area (TPSA) is 38.3 Å². The Balaban J connectivity index is 1.67. The minimum absolute atomic E-state index is 0.00822. The Morgan fingerprint density at radius 3 is 2.88 bits per heavy atom. The van der Waals surface area contributed by atoms with E-state index in [4.69, 9.17) is 4.74 Å². The van der Waals surface area contributed by atoms with E-state index in [-0.39, 0.29) is 22.8 Å². The van der Waals surface area contributed by atoms with Gasteiger partial charge in [0.05, 0.1) is 44.1 Å². The third-order valence-corrected chi connectivity index (χ3v) is 9.30. The van der Waals surface area contributed by atoms with Gasteiger partial charge in [0, 0.05) is 17.5 Å². The molecule has 6 atom stereocenters. The number of anilines is 1. The lowest BCUT2D eigenvalue weighted by molar-refractivity contribution is -0.939. The molecule has 3 heterocycles. The van der Waals surface area contributed by atoms with Crippen molar-refractivity contribution in [2.75, 3.05) is 32.6 Å². The van der Waals surface area contributed by atoms with Gasteiger partial charge in [-0.25, -0.2) is 0 Å². The van der Waals surface area contributed by atoms with Gasteiger partial charge in [-0.3, -0.25) is 4.79 Å². The van der Waals surface area contributed by atoms with Gasteiger partial charge in [0.2, 0.25) is 0 Å². The van der Waals surface area contributed by atoms with Gasteiger partial charge < -0.3 is 14.5 Å². The zero-order chi connectivity index (χ0) is 17.8. The third-order valence-electron chi connectivity index (χ3n) is 9.30. The van der Waals surface area contributed by atoms with E-state index >= 15 is 0 Å². The average molecular weight is 353 g/mol. The number of benzene rings is 1. The number of nitrogens with zero attached hydrogens (tertiary/aromatic N) is 1. The van der Waals surface area contributed by atoms with E-state index in [0.29, 0.717) is 11.5 Å². The van der Waals surface area contributed by atoms with Crippen LogP contribution in [-0.4, -0.2) is 49.3 Å². The maximum atomic E-state index is 13.0. The second-order valence-corrected chi connectivity index (χ2v) is 9.94. The molecule has 138 valence electrons. The van der Waals surface area contributed by atoms with Crippen LogP contribution in [-0.2, 0) is 14.9 Å². The summed E-state index contributed by atoms with van der Waals surface area (Å²) in [7, 11) is 4.07. The molecule has 3 spiro atoms. The number of likely N-dealkylation sites (N-methyl/N-ethyl adjacent to an activating group) is 1. The summed E-state index contributed by atoms with van der Waals surface area (Å²) in [5, 5.41) is 3.96. The molecule has 26 heavy (non-hydrogen) atoms. The molecule has 0 aromatic heterocycles. The van der Waals surface area contributed by atoms with Crippen molar-refractivity contribution < 1.29 is 14.0 Å². The van der Waals surface area contributed by atoms with Gasteiger partial charge in [0.15, 0.2) is 0 Å². The number of para-hydroxylation sites is 1. The molecule has 2 saturated heterocycles. The van der Waals surface area contributed by atoms with Crippen molar-refractivity contribution in [1.82, 2.24) is 0 Å². The van der Waals surface area contributed by atoms with Crippen molar-refractivity contribution in [2.24, 2.45) is 11.3 Å². The number of piperidine rings is 1. The molecular formula is C22H29N2O2+. The van der Waals surface area contributed by atoms with Crippen molar-refractivity contribution in [2.45, 2.75) is 55.5 Å². The van der Waals surface area contributed by atoms with Crippen LogP contribution in [0.3, 0.4) is 0 Å². The number of esters is 1. The van der Waals surface area contributed by atoms with Crippen molar-refractivity contribution >= 4 is 11.7 Å². The third kappa shape index (κ3) is 1.38. The Kier molecular flexibility index (Phi) is 2.66. The maximum Gasteiger partial charge on any atom is 0.311 e. The van der Waals surface area contributed by atoms with Crippen LogP contribution in [0, 0.1) is 11.3 Å². The first-order valence-electron chi connectivity index (χ1n) is 10.3. The number of hydrogen-bond donors (Lipinski definition) is 1. The fourth-order valence-electron chi connectivity index (χ4n) is 8.79. The predicted octanol–water partition coefficient (Wildman–Crippen LogP) is 3.07. The lowest BCUT2D eigenvalue weighted by Gasteiger charge is -2.68. The molecule has 0 amide bonds. The van der Waals surface area contributed by atoms with Crippen molar-refractivity contribution in [1.29, 1.82) is 0 Å². The number of ether oxygens (including phenoxy) is 1. The zero-order valence-electron chi connectivity index (χ0n) is 15.9. The minimum Gasteiger partial charge on any atom is -0.469 e. The molecule has 1 N–H and O–H groups in total. The Morgan fingerprint density at radius 2 is 2.04 bits per heavy atom. The van der Waals surface area contributed by atoms with E-state index in [1.807, 2.05) is 0 Å². The van der Waals surface area contributed by atoms with Gasteiger partial charge in [-0.1, -0.05) is 18.2 Å². The largest absolute Gasteiger partial charge is 0.469 e. The van der Waals surface area contributed by atoms with Crippen molar-refractivity contribution in [3.05, 3.63) is 29.8 Å². The standard InChI is InChI=1S/C22H29N2O2/c1-24-12-5-8-20-9-10-22(16(14-20)18(25)26-2)21(11-13-24,19(20)24)15-6-3-4-7-17(15)23-22/h3-4,6-7,16,19,23H,5,8-14H2,1-2H3/q+1/t16-,19+,20-,21-,22+,24-/m1/s1. The Hall–Kier alpha value is -1.55. The summed E-state index contributed by atoms with van der Waals surface area (Å²) in [6.07, 6.45) is 7.19. The molecule has 3 aliphatic carbocycles. The van der Waals surface area contributed by atoms with E-state index in [1.54, 1.807) is 7.11 Å². The Labute approximate surface area is 155 Å². The summed E-state index contributed by atoms with van der Waals surface area (Å²) in [5.74, 6) is -0.0107. The van der Waals surface area contributed by atoms with Crippen LogP contribution in [0.2, 0.25) is 0 Å². The Bertz CT molecular complexity index is 824. The molecule has 3 saturated carbocycles. The quantitative estimate of drug-likeness (QED) is 0.623. The Morgan fingerprint density at radius 1 is 1.19 bits per heavy atom. The monoisotopic (exact) mass is 353 g/mol. The molecule has 5 fully saturated rings. The van der Waals surface area contributed by atoms with Crippen LogP contribution in [0.1, 0.15) is 44.1 Å². The lowest BCUT2D eigenvalue weighted by Crippen LogP contribution is -2.79. The van der Waals surface area contributed by atoms with Crippen LogP contribution in [0.5, 0.6) is 0 Å². The van der Waals surface area contributed by atoms with E-state index < -0.39 is 0 Å². The highest BCUT2D eigenvalue weighted by Gasteiger charge is 2.83. The number of methoxy groups -OCH3 is 1. The fraction of sp³-hybridized carbons (Fsp3) is 0.682. The second kappa shape index (κ2) is 4.46. The summed E-state index contributed by atoms with van der Waals surface area (Å²) < 4.78 is 6.58. The smallest absolute Gasteiger partial charge is 0.311 e. The number of nitrogens with one attached hydrogen (secondary N) is 1. The molecule has 6 aliphatic rings. The van der Waals surface area contributed by atoms with E-state index in [9.17, 15) is 4.79 Å². The summed E-state index contributed by atoms with van der Waals surface area (Å²) in [6, 6.07) is 9.56. The molecular weight excluding hydrogens is 324 g/mol. The molecule has 4 nitrogen and oxygen atoms in total. The maximum absolute atomic E-state index is 13.0. The lowest BCUT2D eigenvalue weighted by atomic mass is 9.38. The highest BCUT2D eigenvalue weighted by atomic mass is 16.5. The van der Waals surface area contributed by atoms with E-state index in [1.165, 1.54) is 54.5 Å². The first-order chi connectivity index (χ1) is 12.5. The number of carbonyl (C=O) groups excluding carboxylic acids is 1. The summed E-state index contributed by atoms with van der Waals surface area (Å²) in [6.45, 7) is 2.55. The fourth-order valence-corrected chi connectivity index (χ4v) is 8.79. The normalized spacial score (nSPS) is 49.8. The van der Waals surface area contributed by atoms with Crippen molar-refractivity contribution in [3.63, 3.8) is 0 Å². The van der Waals surface area contributed by atoms with Crippen LogP contribution < -0.4 is 5.32 Å². The van der Waals surface area contributed by atoms with Gasteiger partial charge >= 0.3 is 5.97 Å². The summed E-state index contributed by atoms with van der Waals surface area (Å²) >= 11 is 0. The van der Waals surface area contributed by atoms with Gasteiger partial charge in [-0.15, -0.1) is 0 Å². The number of quaternary nitrogens is 1. The van der Waals surface area contributed by atoms with Gasteiger partial charge in [0.25, 0.3) is 0 Å². The summed E-state index contributed by atoms with van der Waals surface area (Å²) in [4.78, 5) is 13.0. The number of fused-ring (bicyclic) bond motifs is 3. The highest BCUT2D eigenvalue weighted by molar-refractivity contribution is 5.80. The average Bonchev–Trinajstić information content (AvgIpc) is 3.15.